The van der Waals surface area contributed by atoms with Crippen molar-refractivity contribution in [3.05, 3.63) is 22.4 Å². The lowest BCUT2D eigenvalue weighted by molar-refractivity contribution is 0.143. The second kappa shape index (κ2) is 5.30. The smallest absolute Gasteiger partial charge is 0.0334 e. The van der Waals surface area contributed by atoms with Crippen LogP contribution >= 0.6 is 11.3 Å². The molecule has 1 atom stereocenters. The summed E-state index contributed by atoms with van der Waals surface area (Å²) < 4.78 is 0. The average molecular weight is 238 g/mol. The fourth-order valence-corrected chi connectivity index (χ4v) is 3.01. The van der Waals surface area contributed by atoms with Crippen LogP contribution in [0.5, 0.6) is 0 Å². The normalized spacial score (nSPS) is 18.3. The molecule has 1 unspecified atom stereocenters. The first kappa shape index (κ1) is 12.1. The van der Waals surface area contributed by atoms with E-state index in [1.54, 1.807) is 0 Å². The first-order valence-corrected chi connectivity index (χ1v) is 7.08. The van der Waals surface area contributed by atoms with Gasteiger partial charge in [0, 0.05) is 30.1 Å². The van der Waals surface area contributed by atoms with E-state index in [1.165, 1.54) is 17.7 Å². The van der Waals surface area contributed by atoms with Crippen molar-refractivity contribution >= 4 is 11.3 Å². The third-order valence-electron chi connectivity index (χ3n) is 3.37. The summed E-state index contributed by atoms with van der Waals surface area (Å²) >= 11 is 1.85. The zero-order chi connectivity index (χ0) is 11.5. The molecule has 0 saturated heterocycles. The molecule has 1 aromatic rings. The molecule has 90 valence electrons. The summed E-state index contributed by atoms with van der Waals surface area (Å²) in [6.07, 6.45) is 2.71. The van der Waals surface area contributed by atoms with Gasteiger partial charge < -0.3 is 5.73 Å². The number of nitrogens with two attached hydrogens (primary N) is 1. The van der Waals surface area contributed by atoms with E-state index in [9.17, 15) is 0 Å². The highest BCUT2D eigenvalue weighted by Gasteiger charge is 2.34. The maximum absolute atomic E-state index is 5.93. The van der Waals surface area contributed by atoms with Crippen molar-refractivity contribution in [1.29, 1.82) is 0 Å². The number of hydrogen-bond acceptors (Lipinski definition) is 3. The van der Waals surface area contributed by atoms with Gasteiger partial charge in [-0.3, -0.25) is 4.90 Å². The van der Waals surface area contributed by atoms with Gasteiger partial charge in [0.2, 0.25) is 0 Å². The first-order valence-electron chi connectivity index (χ1n) is 6.20. The fourth-order valence-electron chi connectivity index (χ4n) is 2.30. The standard InChI is InChI=1S/C13H22N2S/c1-10(2)13(8-14)15(11-5-6-11)9-12-4-3-7-16-12/h3-4,7,10-11,13H,5-6,8-9,14H2,1-2H3. The Kier molecular flexibility index (Phi) is 4.00. The van der Waals surface area contributed by atoms with Crippen LogP contribution in [0.3, 0.4) is 0 Å². The van der Waals surface area contributed by atoms with Crippen molar-refractivity contribution in [1.82, 2.24) is 4.90 Å². The van der Waals surface area contributed by atoms with E-state index in [0.29, 0.717) is 12.0 Å². The molecule has 0 amide bonds. The van der Waals surface area contributed by atoms with Crippen molar-refractivity contribution in [2.24, 2.45) is 11.7 Å². The molecule has 1 aliphatic carbocycles. The molecule has 0 radical (unpaired) electrons. The Morgan fingerprint density at radius 1 is 1.50 bits per heavy atom. The topological polar surface area (TPSA) is 29.3 Å². The minimum atomic E-state index is 0.537. The molecule has 0 bridgehead atoms. The Balaban J connectivity index is 2.04. The van der Waals surface area contributed by atoms with Gasteiger partial charge in [0.05, 0.1) is 0 Å². The highest BCUT2D eigenvalue weighted by Crippen LogP contribution is 2.32. The minimum Gasteiger partial charge on any atom is -0.329 e. The number of nitrogens with zero attached hydrogens (tertiary/aromatic N) is 1. The van der Waals surface area contributed by atoms with Crippen molar-refractivity contribution in [2.75, 3.05) is 6.54 Å². The van der Waals surface area contributed by atoms with Crippen LogP contribution in [0.4, 0.5) is 0 Å². The largest absolute Gasteiger partial charge is 0.329 e. The van der Waals surface area contributed by atoms with Gasteiger partial charge in [0.25, 0.3) is 0 Å². The molecule has 1 heterocycles. The Hall–Kier alpha value is -0.380. The van der Waals surface area contributed by atoms with Crippen LogP contribution < -0.4 is 5.73 Å². The van der Waals surface area contributed by atoms with E-state index in [0.717, 1.165) is 19.1 Å². The molecule has 1 saturated carbocycles. The van der Waals surface area contributed by atoms with E-state index in [4.69, 9.17) is 5.73 Å². The van der Waals surface area contributed by atoms with Gasteiger partial charge >= 0.3 is 0 Å². The van der Waals surface area contributed by atoms with Gasteiger partial charge in [-0.1, -0.05) is 19.9 Å². The molecule has 3 heteroatoms. The Morgan fingerprint density at radius 3 is 2.69 bits per heavy atom. The minimum absolute atomic E-state index is 0.537. The van der Waals surface area contributed by atoms with Crippen molar-refractivity contribution in [2.45, 2.75) is 45.3 Å². The zero-order valence-electron chi connectivity index (χ0n) is 10.2. The second-order valence-corrected chi connectivity index (χ2v) is 6.06. The summed E-state index contributed by atoms with van der Waals surface area (Å²) in [7, 11) is 0. The van der Waals surface area contributed by atoms with Gasteiger partial charge in [0.15, 0.2) is 0 Å². The zero-order valence-corrected chi connectivity index (χ0v) is 11.0. The summed E-state index contributed by atoms with van der Waals surface area (Å²) in [6.45, 7) is 6.42. The molecule has 0 aromatic carbocycles. The van der Waals surface area contributed by atoms with E-state index in [1.807, 2.05) is 11.3 Å². The van der Waals surface area contributed by atoms with E-state index < -0.39 is 0 Å². The third kappa shape index (κ3) is 2.84. The van der Waals surface area contributed by atoms with Crippen LogP contribution in [0.25, 0.3) is 0 Å². The van der Waals surface area contributed by atoms with Crippen LogP contribution in [0.2, 0.25) is 0 Å². The number of hydrogen-bond donors (Lipinski definition) is 1. The molecule has 1 aliphatic rings. The van der Waals surface area contributed by atoms with Gasteiger partial charge in [-0.25, -0.2) is 0 Å². The molecule has 2 nitrogen and oxygen atoms in total. The van der Waals surface area contributed by atoms with Crippen molar-refractivity contribution in [3.63, 3.8) is 0 Å². The lowest BCUT2D eigenvalue weighted by Gasteiger charge is -2.33. The average Bonchev–Trinajstić information content (AvgIpc) is 2.96. The summed E-state index contributed by atoms with van der Waals surface area (Å²) in [5.41, 5.74) is 5.93. The van der Waals surface area contributed by atoms with E-state index in [-0.39, 0.29) is 0 Å². The maximum atomic E-state index is 5.93. The first-order chi connectivity index (χ1) is 7.72. The van der Waals surface area contributed by atoms with Crippen LogP contribution in [0, 0.1) is 5.92 Å². The van der Waals surface area contributed by atoms with Gasteiger partial charge in [-0.2, -0.15) is 0 Å². The lowest BCUT2D eigenvalue weighted by Crippen LogP contribution is -2.44. The molecule has 1 aromatic heterocycles. The monoisotopic (exact) mass is 238 g/mol. The fraction of sp³-hybridized carbons (Fsp3) is 0.692. The number of thiophene rings is 1. The Labute approximate surface area is 102 Å². The summed E-state index contributed by atoms with van der Waals surface area (Å²) in [5.74, 6) is 0.644. The van der Waals surface area contributed by atoms with Crippen molar-refractivity contribution < 1.29 is 0 Å². The van der Waals surface area contributed by atoms with Gasteiger partial charge in [-0.05, 0) is 30.2 Å². The second-order valence-electron chi connectivity index (χ2n) is 5.03. The van der Waals surface area contributed by atoms with E-state index in [2.05, 4.69) is 36.3 Å². The predicted molar refractivity (Wildman–Crippen MR) is 70.6 cm³/mol. The van der Waals surface area contributed by atoms with Crippen LogP contribution in [-0.4, -0.2) is 23.5 Å². The van der Waals surface area contributed by atoms with Crippen molar-refractivity contribution in [3.8, 4) is 0 Å². The highest BCUT2D eigenvalue weighted by molar-refractivity contribution is 7.09. The molecule has 16 heavy (non-hydrogen) atoms. The molecule has 1 fully saturated rings. The van der Waals surface area contributed by atoms with Gasteiger partial charge in [0.1, 0.15) is 0 Å². The summed E-state index contributed by atoms with van der Waals surface area (Å²) in [5, 5.41) is 2.16. The van der Waals surface area contributed by atoms with Crippen LogP contribution in [-0.2, 0) is 6.54 Å². The molecule has 2 rings (SSSR count). The lowest BCUT2D eigenvalue weighted by atomic mass is 10.0. The molecule has 0 aliphatic heterocycles. The predicted octanol–water partition coefficient (Wildman–Crippen LogP) is 2.70. The maximum Gasteiger partial charge on any atom is 0.0334 e. The Morgan fingerprint density at radius 2 is 2.25 bits per heavy atom. The SMILES string of the molecule is CC(C)C(CN)N(Cc1cccs1)C1CC1. The molecular formula is C13H22N2S. The van der Waals surface area contributed by atoms with Gasteiger partial charge in [-0.15, -0.1) is 11.3 Å². The van der Waals surface area contributed by atoms with Crippen LogP contribution in [0.15, 0.2) is 17.5 Å². The Bertz CT molecular complexity index is 304. The molecule has 0 spiro atoms. The quantitative estimate of drug-likeness (QED) is 0.825. The van der Waals surface area contributed by atoms with E-state index >= 15 is 0 Å². The summed E-state index contributed by atoms with van der Waals surface area (Å²) in [4.78, 5) is 4.09. The third-order valence-corrected chi connectivity index (χ3v) is 4.23. The van der Waals surface area contributed by atoms with Crippen LogP contribution in [0.1, 0.15) is 31.6 Å². The number of rotatable bonds is 6. The summed E-state index contributed by atoms with van der Waals surface area (Å²) in [6, 6.07) is 5.69. The highest BCUT2D eigenvalue weighted by atomic mass is 32.1. The molecule has 2 N–H and O–H groups in total. The molecular weight excluding hydrogens is 216 g/mol.